The van der Waals surface area contributed by atoms with Gasteiger partial charge in [0, 0.05) is 37.4 Å². The van der Waals surface area contributed by atoms with E-state index in [4.69, 9.17) is 0 Å². The van der Waals surface area contributed by atoms with E-state index in [1.165, 1.54) is 0 Å². The van der Waals surface area contributed by atoms with Gasteiger partial charge in [0.2, 0.25) is 18.2 Å². The number of nitrogens with zero attached hydrogens (tertiary/aromatic N) is 1. The largest absolute Gasteiger partial charge is 0.353 e. The number of carbonyl (C=O) groups excluding carboxylic acids is 2. The molecule has 4 aliphatic rings. The van der Waals surface area contributed by atoms with Gasteiger partial charge in [0.05, 0.1) is 0 Å². The van der Waals surface area contributed by atoms with Gasteiger partial charge in [-0.2, -0.15) is 0 Å². The summed E-state index contributed by atoms with van der Waals surface area (Å²) in [6.45, 7) is 8.50. The highest BCUT2D eigenvalue weighted by Gasteiger charge is 2.62. The molecule has 1 N–H and O–H groups in total. The molecule has 4 fully saturated rings. The van der Waals surface area contributed by atoms with Crippen molar-refractivity contribution in [2.75, 3.05) is 7.05 Å². The molecule has 0 aromatic heterocycles. The zero-order valence-electron chi connectivity index (χ0n) is 21.9. The summed E-state index contributed by atoms with van der Waals surface area (Å²) in [4.78, 5) is 27.8. The van der Waals surface area contributed by atoms with Crippen LogP contribution in [0.2, 0.25) is 0 Å². The second kappa shape index (κ2) is 9.69. The van der Waals surface area contributed by atoms with Gasteiger partial charge in [0.15, 0.2) is 0 Å². The number of hydrogen-bond acceptors (Lipinski definition) is 2. The summed E-state index contributed by atoms with van der Waals surface area (Å²) < 4.78 is 27.4. The molecule has 6 heteroatoms. The highest BCUT2D eigenvalue weighted by atomic mass is 19.3. The number of unbranched alkanes of at least 4 members (excludes halogenated alkanes) is 1. The number of alkyl halides is 2. The summed E-state index contributed by atoms with van der Waals surface area (Å²) >= 11 is 0. The van der Waals surface area contributed by atoms with Crippen LogP contribution in [-0.4, -0.2) is 42.3 Å². The molecule has 34 heavy (non-hydrogen) atoms. The molecule has 1 heterocycles. The number of nitrogens with one attached hydrogen (secondary N) is 1. The van der Waals surface area contributed by atoms with Crippen molar-refractivity contribution in [1.82, 2.24) is 10.2 Å². The summed E-state index contributed by atoms with van der Waals surface area (Å²) in [7, 11) is 1.99. The van der Waals surface area contributed by atoms with Gasteiger partial charge in [-0.15, -0.1) is 0 Å². The monoisotopic (exact) mass is 480 g/mol. The number of piperidine rings is 1. The van der Waals surface area contributed by atoms with Crippen molar-refractivity contribution in [1.29, 1.82) is 0 Å². The second-order valence-corrected chi connectivity index (χ2v) is 12.6. The molecule has 3 aliphatic carbocycles. The summed E-state index contributed by atoms with van der Waals surface area (Å²) in [5.74, 6) is 1.17. The van der Waals surface area contributed by atoms with Crippen LogP contribution in [0.15, 0.2) is 0 Å². The maximum absolute atomic E-state index is 13.7. The number of hydrogen-bond donors (Lipinski definition) is 1. The molecule has 4 rings (SSSR count). The number of carbonyl (C=O) groups is 2. The molecule has 9 atom stereocenters. The Morgan fingerprint density at radius 3 is 2.47 bits per heavy atom. The van der Waals surface area contributed by atoms with E-state index in [2.05, 4.69) is 19.2 Å². The highest BCUT2D eigenvalue weighted by Crippen LogP contribution is 2.66. The fraction of sp³-hybridized carbons (Fsp3) is 0.929. The molecule has 2 unspecified atom stereocenters. The molecule has 1 aliphatic heterocycles. The fourth-order valence-corrected chi connectivity index (χ4v) is 9.05. The van der Waals surface area contributed by atoms with E-state index in [1.54, 1.807) is 6.92 Å². The van der Waals surface area contributed by atoms with Crippen molar-refractivity contribution in [3.8, 4) is 0 Å². The first-order chi connectivity index (χ1) is 16.0. The Morgan fingerprint density at radius 1 is 1.09 bits per heavy atom. The maximum Gasteiger partial charge on any atom is 0.243 e. The molecule has 3 saturated carbocycles. The van der Waals surface area contributed by atoms with E-state index < -0.39 is 18.4 Å². The Hall–Kier alpha value is -1.20. The molecule has 4 nitrogen and oxygen atoms in total. The van der Waals surface area contributed by atoms with Gasteiger partial charge >= 0.3 is 0 Å². The van der Waals surface area contributed by atoms with Crippen LogP contribution in [0.1, 0.15) is 98.3 Å². The predicted molar refractivity (Wildman–Crippen MR) is 130 cm³/mol. The SMILES string of the molecule is CCCCC(C(F)F)C(C)NC(=O)[C@H]1CC[C@H]2[C@@H]3CC[C@H]4N(C)C(=O)CC[C@]4(C)[C@H]3CC[C@]12C. The lowest BCUT2D eigenvalue weighted by Crippen LogP contribution is -2.61. The molecule has 0 radical (unpaired) electrons. The van der Waals surface area contributed by atoms with Crippen LogP contribution in [-0.2, 0) is 9.59 Å². The summed E-state index contributed by atoms with van der Waals surface area (Å²) in [6, 6.07) is -0.155. The summed E-state index contributed by atoms with van der Waals surface area (Å²) in [6.07, 6.45) is 7.62. The Kier molecular flexibility index (Phi) is 7.37. The number of rotatable bonds is 7. The second-order valence-electron chi connectivity index (χ2n) is 12.6. The third-order valence-corrected chi connectivity index (χ3v) is 11.1. The minimum Gasteiger partial charge on any atom is -0.353 e. The minimum atomic E-state index is -2.40. The van der Waals surface area contributed by atoms with E-state index in [0.717, 1.165) is 57.8 Å². The predicted octanol–water partition coefficient (Wildman–Crippen LogP) is 6.04. The third kappa shape index (κ3) is 4.19. The van der Waals surface area contributed by atoms with Gasteiger partial charge in [0.1, 0.15) is 0 Å². The van der Waals surface area contributed by atoms with Crippen molar-refractivity contribution in [3.63, 3.8) is 0 Å². The number of halogens is 2. The third-order valence-electron chi connectivity index (χ3n) is 11.1. The standard InChI is InChI=1S/C28H46F2N2O2/c1-6-7-8-18(25(29)30)17(2)31-26(34)22-11-10-20-19-9-12-23-28(4,16-14-24(33)32(23)5)21(19)13-15-27(20,22)3/h17-23,25H,6-16H2,1-5H3,(H,31,34)/t17?,18?,19-,20-,21-,22+,23+,27-,28+/m0/s1. The van der Waals surface area contributed by atoms with Crippen LogP contribution in [0.5, 0.6) is 0 Å². The number of fused-ring (bicyclic) bond motifs is 5. The van der Waals surface area contributed by atoms with Crippen LogP contribution in [0, 0.1) is 40.4 Å². The highest BCUT2D eigenvalue weighted by molar-refractivity contribution is 5.80. The van der Waals surface area contributed by atoms with E-state index in [0.29, 0.717) is 36.6 Å². The van der Waals surface area contributed by atoms with Gasteiger partial charge in [-0.3, -0.25) is 9.59 Å². The zero-order chi connectivity index (χ0) is 24.8. The lowest BCUT2D eigenvalue weighted by Gasteiger charge is -2.61. The van der Waals surface area contributed by atoms with Crippen molar-refractivity contribution in [2.24, 2.45) is 40.4 Å². The van der Waals surface area contributed by atoms with Gasteiger partial charge in [-0.1, -0.05) is 33.6 Å². The molecule has 0 aromatic rings. The van der Waals surface area contributed by atoms with E-state index >= 15 is 0 Å². The molecule has 0 spiro atoms. The van der Waals surface area contributed by atoms with Gasteiger partial charge in [-0.05, 0) is 86.9 Å². The van der Waals surface area contributed by atoms with E-state index in [9.17, 15) is 18.4 Å². The van der Waals surface area contributed by atoms with Crippen LogP contribution in [0.4, 0.5) is 8.78 Å². The quantitative estimate of drug-likeness (QED) is 0.483. The Labute approximate surface area is 205 Å². The van der Waals surface area contributed by atoms with Crippen molar-refractivity contribution in [2.45, 2.75) is 117 Å². The molecule has 0 bridgehead atoms. The molecule has 194 valence electrons. The zero-order valence-corrected chi connectivity index (χ0v) is 21.9. The molecule has 2 amide bonds. The minimum absolute atomic E-state index is 0.000919. The normalized spacial score (nSPS) is 41.5. The van der Waals surface area contributed by atoms with Gasteiger partial charge in [-0.25, -0.2) is 8.78 Å². The Bertz CT molecular complexity index is 776. The van der Waals surface area contributed by atoms with Crippen LogP contribution in [0.3, 0.4) is 0 Å². The first kappa shape index (κ1) is 25.9. The van der Waals surface area contributed by atoms with Crippen molar-refractivity contribution >= 4 is 11.8 Å². The van der Waals surface area contributed by atoms with E-state index in [-0.39, 0.29) is 28.6 Å². The van der Waals surface area contributed by atoms with Crippen LogP contribution < -0.4 is 5.32 Å². The first-order valence-corrected chi connectivity index (χ1v) is 13.9. The Morgan fingerprint density at radius 2 is 1.79 bits per heavy atom. The molecule has 1 saturated heterocycles. The Balaban J connectivity index is 1.46. The lowest BCUT2D eigenvalue weighted by atomic mass is 9.47. The summed E-state index contributed by atoms with van der Waals surface area (Å²) in [5, 5.41) is 3.04. The topological polar surface area (TPSA) is 49.4 Å². The lowest BCUT2D eigenvalue weighted by molar-refractivity contribution is -0.159. The van der Waals surface area contributed by atoms with Crippen molar-refractivity contribution in [3.05, 3.63) is 0 Å². The fourth-order valence-electron chi connectivity index (χ4n) is 9.05. The molecular weight excluding hydrogens is 434 g/mol. The maximum atomic E-state index is 13.7. The van der Waals surface area contributed by atoms with Crippen molar-refractivity contribution < 1.29 is 18.4 Å². The van der Waals surface area contributed by atoms with Crippen LogP contribution >= 0.6 is 0 Å². The smallest absolute Gasteiger partial charge is 0.243 e. The van der Waals surface area contributed by atoms with Gasteiger partial charge in [0.25, 0.3) is 0 Å². The van der Waals surface area contributed by atoms with E-state index in [1.807, 2.05) is 18.9 Å². The van der Waals surface area contributed by atoms with Crippen LogP contribution in [0.25, 0.3) is 0 Å². The average molecular weight is 481 g/mol. The summed E-state index contributed by atoms with van der Waals surface area (Å²) in [5.41, 5.74) is 0.125. The average Bonchev–Trinajstić information content (AvgIpc) is 3.14. The first-order valence-electron chi connectivity index (χ1n) is 13.9. The number of amides is 2. The number of likely N-dealkylation sites (tertiary alicyclic amines) is 1. The van der Waals surface area contributed by atoms with Gasteiger partial charge < -0.3 is 10.2 Å². The molecule has 0 aromatic carbocycles. The molecular formula is C28H46F2N2O2.